The van der Waals surface area contributed by atoms with Crippen molar-refractivity contribution in [2.75, 3.05) is 5.32 Å². The van der Waals surface area contributed by atoms with Gasteiger partial charge in [-0.05, 0) is 55.4 Å². The van der Waals surface area contributed by atoms with E-state index in [0.29, 0.717) is 6.04 Å². The Hall–Kier alpha value is -0.690. The van der Waals surface area contributed by atoms with Gasteiger partial charge in [0, 0.05) is 16.8 Å². The first kappa shape index (κ1) is 13.7. The minimum Gasteiger partial charge on any atom is -0.382 e. The summed E-state index contributed by atoms with van der Waals surface area (Å²) in [4.78, 5) is 0. The predicted octanol–water partition coefficient (Wildman–Crippen LogP) is 5.36. The molecule has 0 radical (unpaired) electrons. The lowest BCUT2D eigenvalue weighted by molar-refractivity contribution is 0.289. The maximum Gasteiger partial charge on any atom is 0.0407 e. The lowest BCUT2D eigenvalue weighted by atomic mass is 9.81. The summed E-state index contributed by atoms with van der Waals surface area (Å²) in [5.41, 5.74) is 1.20. The van der Waals surface area contributed by atoms with Crippen LogP contribution in [0.4, 0.5) is 5.69 Å². The third-order valence-electron chi connectivity index (χ3n) is 3.80. The molecule has 1 aromatic carbocycles. The molecule has 0 heterocycles. The van der Waals surface area contributed by atoms with Crippen molar-refractivity contribution in [2.45, 2.75) is 52.0 Å². The lowest BCUT2D eigenvalue weighted by Gasteiger charge is -2.31. The Balaban J connectivity index is 1.87. The van der Waals surface area contributed by atoms with Crippen molar-refractivity contribution in [3.05, 3.63) is 29.3 Å². The summed E-state index contributed by atoms with van der Waals surface area (Å²) in [5.74, 6) is 1.73. The van der Waals surface area contributed by atoms with Crippen LogP contribution in [0.1, 0.15) is 46.0 Å². The fourth-order valence-corrected chi connectivity index (χ4v) is 3.21. The van der Waals surface area contributed by atoms with Crippen molar-refractivity contribution in [2.24, 2.45) is 11.8 Å². The average Bonchev–Trinajstić information content (AvgIpc) is 2.32. The maximum atomic E-state index is 5.91. The van der Waals surface area contributed by atoms with E-state index in [2.05, 4.69) is 31.3 Å². The Morgan fingerprint density at radius 3 is 2.61 bits per heavy atom. The molecule has 1 nitrogen and oxygen atoms in total. The standard InChI is InChI=1S/C16H24ClN/c1-12(2)10-13-4-3-5-16(11-13)18-15-8-6-14(17)7-9-15/h6-9,12-13,16,18H,3-5,10-11H2,1-2H3. The maximum absolute atomic E-state index is 5.91. The van der Waals surface area contributed by atoms with Gasteiger partial charge in [-0.1, -0.05) is 38.3 Å². The Morgan fingerprint density at radius 1 is 1.22 bits per heavy atom. The Morgan fingerprint density at radius 2 is 1.94 bits per heavy atom. The highest BCUT2D eigenvalue weighted by Crippen LogP contribution is 2.31. The van der Waals surface area contributed by atoms with Gasteiger partial charge in [-0.2, -0.15) is 0 Å². The van der Waals surface area contributed by atoms with Gasteiger partial charge in [-0.15, -0.1) is 0 Å². The highest BCUT2D eigenvalue weighted by Gasteiger charge is 2.22. The molecule has 0 aliphatic heterocycles. The second-order valence-corrected chi connectivity index (χ2v) is 6.45. The van der Waals surface area contributed by atoms with Crippen LogP contribution in [0.2, 0.25) is 5.02 Å². The van der Waals surface area contributed by atoms with Crippen molar-refractivity contribution >= 4 is 17.3 Å². The molecule has 0 saturated heterocycles. The molecule has 2 heteroatoms. The van der Waals surface area contributed by atoms with Gasteiger partial charge in [-0.25, -0.2) is 0 Å². The van der Waals surface area contributed by atoms with E-state index in [4.69, 9.17) is 11.6 Å². The molecule has 0 bridgehead atoms. The topological polar surface area (TPSA) is 12.0 Å². The quantitative estimate of drug-likeness (QED) is 0.773. The summed E-state index contributed by atoms with van der Waals surface area (Å²) in [5, 5.41) is 4.46. The normalized spacial score (nSPS) is 24.2. The predicted molar refractivity (Wildman–Crippen MR) is 80.3 cm³/mol. The third kappa shape index (κ3) is 4.20. The van der Waals surface area contributed by atoms with E-state index in [0.717, 1.165) is 16.9 Å². The molecule has 1 aromatic rings. The van der Waals surface area contributed by atoms with E-state index in [1.807, 2.05) is 12.1 Å². The zero-order chi connectivity index (χ0) is 13.0. The van der Waals surface area contributed by atoms with E-state index in [9.17, 15) is 0 Å². The van der Waals surface area contributed by atoms with Crippen molar-refractivity contribution in [1.29, 1.82) is 0 Å². The summed E-state index contributed by atoms with van der Waals surface area (Å²) >= 11 is 5.91. The zero-order valence-electron chi connectivity index (χ0n) is 11.5. The molecule has 100 valence electrons. The summed E-state index contributed by atoms with van der Waals surface area (Å²) in [6.07, 6.45) is 6.77. The molecule has 1 aliphatic carbocycles. The number of nitrogens with one attached hydrogen (secondary N) is 1. The monoisotopic (exact) mass is 265 g/mol. The molecule has 1 fully saturated rings. The fourth-order valence-electron chi connectivity index (χ4n) is 3.08. The largest absolute Gasteiger partial charge is 0.382 e. The minimum absolute atomic E-state index is 0.642. The summed E-state index contributed by atoms with van der Waals surface area (Å²) < 4.78 is 0. The first-order valence-electron chi connectivity index (χ1n) is 7.15. The minimum atomic E-state index is 0.642. The first-order chi connectivity index (χ1) is 8.63. The molecule has 0 spiro atoms. The van der Waals surface area contributed by atoms with Crippen molar-refractivity contribution in [3.63, 3.8) is 0 Å². The Kier molecular flexibility index (Phi) is 4.94. The van der Waals surface area contributed by atoms with Gasteiger partial charge >= 0.3 is 0 Å². The van der Waals surface area contributed by atoms with Crippen LogP contribution >= 0.6 is 11.6 Å². The molecule has 0 amide bonds. The van der Waals surface area contributed by atoms with Crippen LogP contribution in [0.25, 0.3) is 0 Å². The van der Waals surface area contributed by atoms with Crippen LogP contribution in [0.15, 0.2) is 24.3 Å². The molecule has 18 heavy (non-hydrogen) atoms. The van der Waals surface area contributed by atoms with E-state index in [-0.39, 0.29) is 0 Å². The van der Waals surface area contributed by atoms with Crippen LogP contribution in [-0.2, 0) is 0 Å². The van der Waals surface area contributed by atoms with Gasteiger partial charge in [0.2, 0.25) is 0 Å². The Labute approximate surface area is 116 Å². The molecule has 0 aromatic heterocycles. The number of halogens is 1. The van der Waals surface area contributed by atoms with Gasteiger partial charge in [0.05, 0.1) is 0 Å². The summed E-state index contributed by atoms with van der Waals surface area (Å²) in [7, 11) is 0. The number of hydrogen-bond acceptors (Lipinski definition) is 1. The number of rotatable bonds is 4. The first-order valence-corrected chi connectivity index (χ1v) is 7.53. The Bertz CT molecular complexity index is 358. The lowest BCUT2D eigenvalue weighted by Crippen LogP contribution is -2.27. The van der Waals surface area contributed by atoms with E-state index in [1.165, 1.54) is 37.8 Å². The van der Waals surface area contributed by atoms with Crippen LogP contribution in [-0.4, -0.2) is 6.04 Å². The number of hydrogen-bond donors (Lipinski definition) is 1. The van der Waals surface area contributed by atoms with Gasteiger partial charge in [0.1, 0.15) is 0 Å². The summed E-state index contributed by atoms with van der Waals surface area (Å²) in [6.45, 7) is 4.66. The molecule has 1 N–H and O–H groups in total. The SMILES string of the molecule is CC(C)CC1CCCC(Nc2ccc(Cl)cc2)C1. The van der Waals surface area contributed by atoms with Gasteiger partial charge in [0.15, 0.2) is 0 Å². The third-order valence-corrected chi connectivity index (χ3v) is 4.05. The highest BCUT2D eigenvalue weighted by atomic mass is 35.5. The van der Waals surface area contributed by atoms with Crippen LogP contribution in [0.5, 0.6) is 0 Å². The van der Waals surface area contributed by atoms with Gasteiger partial charge in [-0.3, -0.25) is 0 Å². The molecule has 2 rings (SSSR count). The van der Waals surface area contributed by atoms with E-state index < -0.39 is 0 Å². The molecule has 2 unspecified atom stereocenters. The van der Waals surface area contributed by atoms with Crippen LogP contribution < -0.4 is 5.32 Å². The highest BCUT2D eigenvalue weighted by molar-refractivity contribution is 6.30. The average molecular weight is 266 g/mol. The van der Waals surface area contributed by atoms with E-state index in [1.54, 1.807) is 0 Å². The number of anilines is 1. The molecular formula is C16H24ClN. The second kappa shape index (κ2) is 6.47. The zero-order valence-corrected chi connectivity index (χ0v) is 12.2. The van der Waals surface area contributed by atoms with Gasteiger partial charge < -0.3 is 5.32 Å². The molecule has 1 aliphatic rings. The van der Waals surface area contributed by atoms with Crippen molar-refractivity contribution in [3.8, 4) is 0 Å². The molecule has 2 atom stereocenters. The summed E-state index contributed by atoms with van der Waals surface area (Å²) in [6, 6.07) is 8.71. The van der Waals surface area contributed by atoms with Crippen molar-refractivity contribution < 1.29 is 0 Å². The van der Waals surface area contributed by atoms with Crippen LogP contribution in [0.3, 0.4) is 0 Å². The molecule has 1 saturated carbocycles. The van der Waals surface area contributed by atoms with E-state index >= 15 is 0 Å². The fraction of sp³-hybridized carbons (Fsp3) is 0.625. The van der Waals surface area contributed by atoms with Crippen molar-refractivity contribution in [1.82, 2.24) is 0 Å². The second-order valence-electron chi connectivity index (χ2n) is 6.01. The molecular weight excluding hydrogens is 242 g/mol. The smallest absolute Gasteiger partial charge is 0.0407 e. The number of benzene rings is 1. The van der Waals surface area contributed by atoms with Crippen LogP contribution in [0, 0.1) is 11.8 Å². The van der Waals surface area contributed by atoms with Gasteiger partial charge in [0.25, 0.3) is 0 Å².